The van der Waals surface area contributed by atoms with E-state index in [1.807, 2.05) is 0 Å². The Bertz CT molecular complexity index is 378. The Morgan fingerprint density at radius 3 is 2.53 bits per heavy atom. The highest BCUT2D eigenvalue weighted by molar-refractivity contribution is 5.35. The first kappa shape index (κ1) is 15.9. The van der Waals surface area contributed by atoms with Gasteiger partial charge in [-0.3, -0.25) is 0 Å². The molecule has 1 N–H and O–H groups in total. The van der Waals surface area contributed by atoms with Gasteiger partial charge in [0, 0.05) is 18.2 Å². The van der Waals surface area contributed by atoms with E-state index >= 15 is 0 Å². The van der Waals surface area contributed by atoms with Crippen molar-refractivity contribution in [3.8, 4) is 5.75 Å². The lowest BCUT2D eigenvalue weighted by molar-refractivity contribution is 0.0908. The Morgan fingerprint density at radius 2 is 1.89 bits per heavy atom. The van der Waals surface area contributed by atoms with Gasteiger partial charge in [-0.15, -0.1) is 0 Å². The first-order chi connectivity index (χ1) is 9.00. The molecule has 1 aromatic carbocycles. The lowest BCUT2D eigenvalue weighted by Gasteiger charge is -2.14. The zero-order chi connectivity index (χ0) is 14.3. The molecule has 0 aliphatic heterocycles. The highest BCUT2D eigenvalue weighted by atomic mass is 19.1. The standard InChI is InChI=1S/C15H23FO3/c1-11(2)6-7-18-8-9-19-15-10-13(16)4-5-14(15)12(3)17/h4-5,10-12,17H,6-9H2,1-3H3/t12-/m1/s1. The minimum atomic E-state index is -0.683. The van der Waals surface area contributed by atoms with Gasteiger partial charge in [-0.25, -0.2) is 4.39 Å². The van der Waals surface area contributed by atoms with Gasteiger partial charge in [-0.2, -0.15) is 0 Å². The van der Waals surface area contributed by atoms with E-state index in [1.54, 1.807) is 6.92 Å². The predicted molar refractivity (Wildman–Crippen MR) is 72.8 cm³/mol. The third-order valence-electron chi connectivity index (χ3n) is 2.75. The monoisotopic (exact) mass is 270 g/mol. The minimum absolute atomic E-state index is 0.348. The van der Waals surface area contributed by atoms with Gasteiger partial charge < -0.3 is 14.6 Å². The Balaban J connectivity index is 2.38. The van der Waals surface area contributed by atoms with Gasteiger partial charge in [-0.1, -0.05) is 13.8 Å². The summed E-state index contributed by atoms with van der Waals surface area (Å²) in [5.41, 5.74) is 0.587. The molecule has 0 saturated heterocycles. The van der Waals surface area contributed by atoms with Gasteiger partial charge in [-0.05, 0) is 31.4 Å². The van der Waals surface area contributed by atoms with Gasteiger partial charge in [0.2, 0.25) is 0 Å². The van der Waals surface area contributed by atoms with Crippen molar-refractivity contribution >= 4 is 0 Å². The lowest BCUT2D eigenvalue weighted by atomic mass is 10.1. The summed E-state index contributed by atoms with van der Waals surface area (Å²) in [5.74, 6) is 0.619. The molecule has 0 unspecified atom stereocenters. The number of halogens is 1. The van der Waals surface area contributed by atoms with Gasteiger partial charge >= 0.3 is 0 Å². The number of benzene rings is 1. The van der Waals surface area contributed by atoms with Crippen LogP contribution in [0.4, 0.5) is 4.39 Å². The molecule has 0 fully saturated rings. The maximum atomic E-state index is 13.1. The molecular weight excluding hydrogens is 247 g/mol. The number of hydrogen-bond donors (Lipinski definition) is 1. The van der Waals surface area contributed by atoms with E-state index in [0.717, 1.165) is 6.42 Å². The number of hydrogen-bond acceptors (Lipinski definition) is 3. The van der Waals surface area contributed by atoms with Crippen LogP contribution in [0.15, 0.2) is 18.2 Å². The zero-order valence-corrected chi connectivity index (χ0v) is 11.9. The Labute approximate surface area is 114 Å². The fraction of sp³-hybridized carbons (Fsp3) is 0.600. The summed E-state index contributed by atoms with van der Waals surface area (Å²) in [6.07, 6.45) is 0.330. The van der Waals surface area contributed by atoms with E-state index in [4.69, 9.17) is 9.47 Å². The summed E-state index contributed by atoms with van der Waals surface area (Å²) in [7, 11) is 0. The zero-order valence-electron chi connectivity index (χ0n) is 11.9. The summed E-state index contributed by atoms with van der Waals surface area (Å²) in [6, 6.07) is 4.14. The SMILES string of the molecule is CC(C)CCOCCOc1cc(F)ccc1[C@@H](C)O. The Hall–Kier alpha value is -1.13. The molecular formula is C15H23FO3. The second kappa shape index (κ2) is 8.12. The second-order valence-corrected chi connectivity index (χ2v) is 5.00. The fourth-order valence-corrected chi connectivity index (χ4v) is 1.61. The van der Waals surface area contributed by atoms with Crippen molar-refractivity contribution in [1.82, 2.24) is 0 Å². The van der Waals surface area contributed by atoms with E-state index in [1.165, 1.54) is 18.2 Å². The summed E-state index contributed by atoms with van der Waals surface area (Å²) < 4.78 is 24.0. The fourth-order valence-electron chi connectivity index (χ4n) is 1.61. The van der Waals surface area contributed by atoms with Crippen molar-refractivity contribution in [2.45, 2.75) is 33.3 Å². The van der Waals surface area contributed by atoms with Crippen LogP contribution in [0.5, 0.6) is 5.75 Å². The van der Waals surface area contributed by atoms with Crippen molar-refractivity contribution < 1.29 is 19.0 Å². The van der Waals surface area contributed by atoms with Crippen LogP contribution < -0.4 is 4.74 Å². The van der Waals surface area contributed by atoms with Crippen molar-refractivity contribution in [1.29, 1.82) is 0 Å². The molecule has 19 heavy (non-hydrogen) atoms. The normalized spacial score (nSPS) is 12.7. The molecule has 4 heteroatoms. The summed E-state index contributed by atoms with van der Waals surface area (Å²) in [4.78, 5) is 0. The molecule has 0 saturated carbocycles. The van der Waals surface area contributed by atoms with Crippen LogP contribution >= 0.6 is 0 Å². The van der Waals surface area contributed by atoms with Crippen LogP contribution in [-0.4, -0.2) is 24.9 Å². The number of aliphatic hydroxyl groups excluding tert-OH is 1. The van der Waals surface area contributed by atoms with Crippen molar-refractivity contribution in [3.05, 3.63) is 29.6 Å². The molecule has 3 nitrogen and oxygen atoms in total. The topological polar surface area (TPSA) is 38.7 Å². The van der Waals surface area contributed by atoms with E-state index < -0.39 is 6.10 Å². The van der Waals surface area contributed by atoms with E-state index in [2.05, 4.69) is 13.8 Å². The second-order valence-electron chi connectivity index (χ2n) is 5.00. The summed E-state index contributed by atoms with van der Waals surface area (Å²) in [5, 5.41) is 9.56. The maximum absolute atomic E-state index is 13.1. The molecule has 108 valence electrons. The molecule has 0 aliphatic rings. The Morgan fingerprint density at radius 1 is 1.16 bits per heavy atom. The van der Waals surface area contributed by atoms with E-state index in [-0.39, 0.29) is 5.82 Å². The average molecular weight is 270 g/mol. The number of aliphatic hydroxyl groups is 1. The third-order valence-corrected chi connectivity index (χ3v) is 2.75. The summed E-state index contributed by atoms with van der Waals surface area (Å²) >= 11 is 0. The molecule has 0 aliphatic carbocycles. The van der Waals surface area contributed by atoms with Gasteiger partial charge in [0.25, 0.3) is 0 Å². The first-order valence-electron chi connectivity index (χ1n) is 6.68. The number of ether oxygens (including phenoxy) is 2. The van der Waals surface area contributed by atoms with Gasteiger partial charge in [0.15, 0.2) is 0 Å². The quantitative estimate of drug-likeness (QED) is 0.736. The van der Waals surface area contributed by atoms with E-state index in [9.17, 15) is 9.50 Å². The van der Waals surface area contributed by atoms with Crippen molar-refractivity contribution in [2.24, 2.45) is 5.92 Å². The van der Waals surface area contributed by atoms with Crippen LogP contribution in [-0.2, 0) is 4.74 Å². The molecule has 1 rings (SSSR count). The van der Waals surface area contributed by atoms with Crippen LogP contribution in [0.1, 0.15) is 38.9 Å². The van der Waals surface area contributed by atoms with Gasteiger partial charge in [0.1, 0.15) is 18.2 Å². The largest absolute Gasteiger partial charge is 0.491 e. The molecule has 1 aromatic rings. The average Bonchev–Trinajstić information content (AvgIpc) is 2.33. The van der Waals surface area contributed by atoms with Crippen LogP contribution in [0.3, 0.4) is 0 Å². The van der Waals surface area contributed by atoms with Gasteiger partial charge in [0.05, 0.1) is 12.7 Å². The lowest BCUT2D eigenvalue weighted by Crippen LogP contribution is -2.10. The predicted octanol–water partition coefficient (Wildman–Crippen LogP) is 3.32. The number of rotatable bonds is 8. The highest BCUT2D eigenvalue weighted by Gasteiger charge is 2.10. The van der Waals surface area contributed by atoms with Crippen LogP contribution in [0.25, 0.3) is 0 Å². The third kappa shape index (κ3) is 6.03. The minimum Gasteiger partial charge on any atom is -0.491 e. The summed E-state index contributed by atoms with van der Waals surface area (Å²) in [6.45, 7) is 7.42. The molecule has 0 amide bonds. The molecule has 0 bridgehead atoms. The Kier molecular flexibility index (Phi) is 6.81. The van der Waals surface area contributed by atoms with E-state index in [0.29, 0.717) is 37.1 Å². The molecule has 0 heterocycles. The molecule has 0 radical (unpaired) electrons. The van der Waals surface area contributed by atoms with Crippen LogP contribution in [0, 0.1) is 11.7 Å². The molecule has 0 spiro atoms. The maximum Gasteiger partial charge on any atom is 0.128 e. The first-order valence-corrected chi connectivity index (χ1v) is 6.68. The highest BCUT2D eigenvalue weighted by Crippen LogP contribution is 2.25. The van der Waals surface area contributed by atoms with Crippen LogP contribution in [0.2, 0.25) is 0 Å². The van der Waals surface area contributed by atoms with Crippen molar-refractivity contribution in [2.75, 3.05) is 19.8 Å². The molecule has 0 aromatic heterocycles. The van der Waals surface area contributed by atoms with Crippen molar-refractivity contribution in [3.63, 3.8) is 0 Å². The molecule has 1 atom stereocenters. The smallest absolute Gasteiger partial charge is 0.128 e.